The third kappa shape index (κ3) is 5.98. The summed E-state index contributed by atoms with van der Waals surface area (Å²) in [7, 11) is 0. The van der Waals surface area contributed by atoms with Crippen LogP contribution in [0.25, 0.3) is 0 Å². The summed E-state index contributed by atoms with van der Waals surface area (Å²) in [6, 6.07) is 9.37. The average molecular weight is 266 g/mol. The number of esters is 1. The van der Waals surface area contributed by atoms with Crippen LogP contribution in [0.4, 0.5) is 0 Å². The number of amides is 1. The van der Waals surface area contributed by atoms with E-state index >= 15 is 0 Å². The molecule has 0 aliphatic heterocycles. The van der Waals surface area contributed by atoms with Crippen LogP contribution in [0.2, 0.25) is 0 Å². The van der Waals surface area contributed by atoms with E-state index in [2.05, 4.69) is 5.48 Å². The summed E-state index contributed by atoms with van der Waals surface area (Å²) in [6.07, 6.45) is -0.668. The topological polar surface area (TPSA) is 90.7 Å². The third-order valence-corrected chi connectivity index (χ3v) is 2.28. The van der Waals surface area contributed by atoms with Gasteiger partial charge in [0.1, 0.15) is 0 Å². The lowest BCUT2D eigenvalue weighted by Gasteiger charge is -2.15. The molecule has 0 spiro atoms. The number of nitrogens with one attached hydrogen (secondary N) is 1. The fraction of sp³-hybridized carbons (Fsp3) is 0.385. The van der Waals surface area contributed by atoms with Crippen LogP contribution in [0.1, 0.15) is 18.9 Å². The molecule has 0 bridgehead atoms. The zero-order valence-corrected chi connectivity index (χ0v) is 10.8. The summed E-state index contributed by atoms with van der Waals surface area (Å²) in [6.45, 7) is 1.72. The quantitative estimate of drug-likeness (QED) is 0.554. The van der Waals surface area contributed by atoms with Crippen molar-refractivity contribution in [2.24, 2.45) is 5.73 Å². The molecule has 0 saturated heterocycles. The van der Waals surface area contributed by atoms with Gasteiger partial charge in [0.15, 0.2) is 6.10 Å². The molecule has 0 aliphatic rings. The summed E-state index contributed by atoms with van der Waals surface area (Å²) in [4.78, 5) is 27.6. The van der Waals surface area contributed by atoms with E-state index in [0.717, 1.165) is 5.56 Å². The van der Waals surface area contributed by atoms with Crippen molar-refractivity contribution in [1.29, 1.82) is 0 Å². The number of hydrogen-bond acceptors (Lipinski definition) is 5. The third-order valence-electron chi connectivity index (χ3n) is 2.28. The highest BCUT2D eigenvalue weighted by atomic mass is 16.7. The zero-order chi connectivity index (χ0) is 14.1. The van der Waals surface area contributed by atoms with E-state index in [1.165, 1.54) is 6.92 Å². The van der Waals surface area contributed by atoms with Gasteiger partial charge < -0.3 is 10.5 Å². The number of hydrogen-bond donors (Lipinski definition) is 2. The minimum absolute atomic E-state index is 0.238. The Labute approximate surface area is 111 Å². The molecule has 0 aromatic heterocycles. The first-order chi connectivity index (χ1) is 9.13. The van der Waals surface area contributed by atoms with Gasteiger partial charge in [0.25, 0.3) is 5.91 Å². The summed E-state index contributed by atoms with van der Waals surface area (Å²) < 4.78 is 4.84. The van der Waals surface area contributed by atoms with E-state index in [-0.39, 0.29) is 19.6 Å². The molecule has 1 atom stereocenters. The van der Waals surface area contributed by atoms with Crippen molar-refractivity contribution in [1.82, 2.24) is 5.48 Å². The number of rotatable bonds is 7. The van der Waals surface area contributed by atoms with Crippen LogP contribution in [0, 0.1) is 0 Å². The molecule has 3 N–H and O–H groups in total. The average Bonchev–Trinajstić information content (AvgIpc) is 2.39. The molecule has 0 radical (unpaired) electrons. The summed E-state index contributed by atoms with van der Waals surface area (Å²) in [5, 5.41) is 0. The molecule has 0 saturated carbocycles. The Hall–Kier alpha value is -1.92. The molecule has 1 rings (SSSR count). The molecule has 1 aromatic rings. The molecule has 19 heavy (non-hydrogen) atoms. The van der Waals surface area contributed by atoms with Gasteiger partial charge in [-0.3, -0.25) is 14.4 Å². The molecule has 0 aliphatic carbocycles. The Bertz CT molecular complexity index is 408. The molecule has 1 unspecified atom stereocenters. The summed E-state index contributed by atoms with van der Waals surface area (Å²) in [5.74, 6) is -1.05. The maximum atomic E-state index is 11.7. The van der Waals surface area contributed by atoms with Gasteiger partial charge in [-0.1, -0.05) is 30.3 Å². The van der Waals surface area contributed by atoms with Gasteiger partial charge in [-0.15, -0.1) is 0 Å². The maximum Gasteiger partial charge on any atom is 0.303 e. The van der Waals surface area contributed by atoms with Gasteiger partial charge in [-0.25, -0.2) is 5.48 Å². The smallest absolute Gasteiger partial charge is 0.303 e. The molecule has 1 aromatic carbocycles. The SMILES string of the molecule is CC(=O)OC(CCN)C(=O)NOCc1ccccc1. The van der Waals surface area contributed by atoms with Crippen LogP contribution in [0.5, 0.6) is 0 Å². The van der Waals surface area contributed by atoms with Gasteiger partial charge in [0, 0.05) is 13.3 Å². The highest BCUT2D eigenvalue weighted by Gasteiger charge is 2.20. The van der Waals surface area contributed by atoms with Crippen molar-refractivity contribution in [2.75, 3.05) is 6.54 Å². The van der Waals surface area contributed by atoms with Crippen molar-refractivity contribution in [2.45, 2.75) is 26.1 Å². The summed E-state index contributed by atoms with van der Waals surface area (Å²) >= 11 is 0. The second-order valence-corrected chi connectivity index (χ2v) is 3.92. The fourth-order valence-electron chi connectivity index (χ4n) is 1.43. The monoisotopic (exact) mass is 266 g/mol. The van der Waals surface area contributed by atoms with Crippen molar-refractivity contribution >= 4 is 11.9 Å². The van der Waals surface area contributed by atoms with E-state index < -0.39 is 18.0 Å². The first-order valence-electron chi connectivity index (χ1n) is 5.96. The van der Waals surface area contributed by atoms with E-state index in [1.54, 1.807) is 0 Å². The molecule has 6 nitrogen and oxygen atoms in total. The van der Waals surface area contributed by atoms with Crippen LogP contribution in [0.3, 0.4) is 0 Å². The van der Waals surface area contributed by atoms with Crippen LogP contribution in [-0.4, -0.2) is 24.5 Å². The number of ether oxygens (including phenoxy) is 1. The van der Waals surface area contributed by atoms with Crippen molar-refractivity contribution in [3.63, 3.8) is 0 Å². The largest absolute Gasteiger partial charge is 0.452 e. The maximum absolute atomic E-state index is 11.7. The van der Waals surface area contributed by atoms with Gasteiger partial charge >= 0.3 is 5.97 Å². The number of hydroxylamine groups is 1. The molecule has 1 amide bonds. The Morgan fingerprint density at radius 1 is 1.32 bits per heavy atom. The Morgan fingerprint density at radius 2 is 2.00 bits per heavy atom. The molecular weight excluding hydrogens is 248 g/mol. The number of carbonyl (C=O) groups is 2. The van der Waals surface area contributed by atoms with E-state index in [9.17, 15) is 9.59 Å². The highest BCUT2D eigenvalue weighted by molar-refractivity contribution is 5.82. The van der Waals surface area contributed by atoms with Gasteiger partial charge in [0.05, 0.1) is 6.61 Å². The van der Waals surface area contributed by atoms with Crippen molar-refractivity contribution in [3.8, 4) is 0 Å². The van der Waals surface area contributed by atoms with Crippen molar-refractivity contribution < 1.29 is 19.2 Å². The number of nitrogens with two attached hydrogens (primary N) is 1. The predicted octanol–water partition coefficient (Wildman–Crippen LogP) is 0.515. The van der Waals surface area contributed by atoms with Crippen LogP contribution in [-0.2, 0) is 25.8 Å². The minimum Gasteiger partial charge on any atom is -0.452 e. The number of carbonyl (C=O) groups excluding carboxylic acids is 2. The molecule has 0 heterocycles. The van der Waals surface area contributed by atoms with Gasteiger partial charge in [0.2, 0.25) is 0 Å². The zero-order valence-electron chi connectivity index (χ0n) is 10.8. The van der Waals surface area contributed by atoms with Crippen LogP contribution >= 0.6 is 0 Å². The van der Waals surface area contributed by atoms with E-state index in [0.29, 0.717) is 0 Å². The lowest BCUT2D eigenvalue weighted by Crippen LogP contribution is -2.38. The summed E-state index contributed by atoms with van der Waals surface area (Å²) in [5.41, 5.74) is 8.52. The standard InChI is InChI=1S/C13H18N2O4/c1-10(16)19-12(7-8-14)13(17)15-18-9-11-5-3-2-4-6-11/h2-6,12H,7-9,14H2,1H3,(H,15,17). The highest BCUT2D eigenvalue weighted by Crippen LogP contribution is 2.01. The normalized spacial score (nSPS) is 11.7. The Balaban J connectivity index is 2.37. The van der Waals surface area contributed by atoms with Crippen molar-refractivity contribution in [3.05, 3.63) is 35.9 Å². The Morgan fingerprint density at radius 3 is 2.58 bits per heavy atom. The Kier molecular flexibility index (Phi) is 6.56. The lowest BCUT2D eigenvalue weighted by atomic mass is 10.2. The van der Waals surface area contributed by atoms with Gasteiger partial charge in [-0.05, 0) is 12.1 Å². The molecular formula is C13H18N2O4. The van der Waals surface area contributed by atoms with E-state index in [4.69, 9.17) is 15.3 Å². The second kappa shape index (κ2) is 8.23. The van der Waals surface area contributed by atoms with Gasteiger partial charge in [-0.2, -0.15) is 0 Å². The molecule has 104 valence electrons. The first-order valence-corrected chi connectivity index (χ1v) is 5.96. The molecule has 0 fully saturated rings. The predicted molar refractivity (Wildman–Crippen MR) is 68.6 cm³/mol. The van der Waals surface area contributed by atoms with E-state index in [1.807, 2.05) is 30.3 Å². The lowest BCUT2D eigenvalue weighted by molar-refractivity contribution is -0.160. The fourth-order valence-corrected chi connectivity index (χ4v) is 1.43. The number of benzene rings is 1. The minimum atomic E-state index is -0.918. The molecule has 6 heteroatoms. The first kappa shape index (κ1) is 15.1. The second-order valence-electron chi connectivity index (χ2n) is 3.92. The van der Waals surface area contributed by atoms with Crippen LogP contribution < -0.4 is 11.2 Å². The van der Waals surface area contributed by atoms with Crippen LogP contribution in [0.15, 0.2) is 30.3 Å².